The van der Waals surface area contributed by atoms with Crippen molar-refractivity contribution >= 4 is 11.6 Å². The molecule has 0 amide bonds. The van der Waals surface area contributed by atoms with Gasteiger partial charge < -0.3 is 21.5 Å². The van der Waals surface area contributed by atoms with E-state index in [-0.39, 0.29) is 17.0 Å². The quantitative estimate of drug-likeness (QED) is 0.620. The summed E-state index contributed by atoms with van der Waals surface area (Å²) in [6.45, 7) is 13.5. The largest absolute Gasteiger partial charge is 1.00 e. The van der Waals surface area contributed by atoms with Crippen LogP contribution in [0, 0.1) is 0 Å². The highest BCUT2D eigenvalue weighted by Crippen LogP contribution is 2.10. The second-order valence-corrected chi connectivity index (χ2v) is 4.27. The summed E-state index contributed by atoms with van der Waals surface area (Å²) in [4.78, 5) is 0. The van der Waals surface area contributed by atoms with Crippen molar-refractivity contribution in [1.82, 2.24) is 0 Å². The fraction of sp³-hybridized carbons (Fsp3) is 0.818. The molecule has 0 heterocycles. The molecule has 0 aromatic rings. The number of hydrogen-bond acceptors (Lipinski definition) is 0. The van der Waals surface area contributed by atoms with Gasteiger partial charge in [-0.05, 0) is 33.3 Å². The maximum atomic E-state index is 5.85. The summed E-state index contributed by atoms with van der Waals surface area (Å²) in [5.74, 6) is 0. The van der Waals surface area contributed by atoms with Crippen LogP contribution in [0.2, 0.25) is 0 Å². The van der Waals surface area contributed by atoms with Gasteiger partial charge in [0.2, 0.25) is 0 Å². The molecule has 3 heteroatoms. The van der Waals surface area contributed by atoms with Crippen LogP contribution in [0.25, 0.3) is 0 Å². The zero-order valence-corrected chi connectivity index (χ0v) is 12.2. The Kier molecular flexibility index (Phi) is 10.6. The minimum absolute atomic E-state index is 0. The van der Waals surface area contributed by atoms with Crippen molar-refractivity contribution in [3.8, 4) is 0 Å². The van der Waals surface area contributed by atoms with Crippen molar-refractivity contribution in [1.29, 1.82) is 0 Å². The highest BCUT2D eigenvalue weighted by Gasteiger charge is 2.19. The Morgan fingerprint density at radius 1 is 1.21 bits per heavy atom. The van der Waals surface area contributed by atoms with Crippen LogP contribution in [0.3, 0.4) is 0 Å². The third kappa shape index (κ3) is 6.05. The number of nitrogens with zero attached hydrogens (tertiary/aromatic N) is 1. The lowest BCUT2D eigenvalue weighted by Gasteiger charge is -2.35. The molecule has 0 unspecified atom stereocenters. The molecule has 0 aromatic carbocycles. The highest BCUT2D eigenvalue weighted by molar-refractivity contribution is 6.29. The Morgan fingerprint density at radius 2 is 1.71 bits per heavy atom. The van der Waals surface area contributed by atoms with E-state index in [1.807, 2.05) is 6.92 Å². The first kappa shape index (κ1) is 16.9. The molecule has 0 atom stereocenters. The van der Waals surface area contributed by atoms with Gasteiger partial charge in [-0.25, -0.2) is 0 Å². The van der Waals surface area contributed by atoms with E-state index in [4.69, 9.17) is 11.6 Å². The average molecular weight is 285 g/mol. The Balaban J connectivity index is 0. The molecular weight excluding hydrogens is 261 g/mol. The standard InChI is InChI=1S/C11H23ClN.BrH/c1-5-9-13(6-2,7-3)10-8-11(4)12;/h8H,5-7,9-10H2,1-4H3;1H/q+1;/p-1/b11-8-;. The van der Waals surface area contributed by atoms with Gasteiger partial charge in [-0.15, -0.1) is 0 Å². The van der Waals surface area contributed by atoms with Gasteiger partial charge in [0, 0.05) is 5.03 Å². The summed E-state index contributed by atoms with van der Waals surface area (Å²) >= 11 is 5.85. The normalized spacial score (nSPS) is 12.5. The fourth-order valence-electron chi connectivity index (χ4n) is 1.68. The first-order chi connectivity index (χ1) is 6.10. The lowest BCUT2D eigenvalue weighted by atomic mass is 10.3. The minimum atomic E-state index is 0. The molecule has 86 valence electrons. The molecule has 0 bridgehead atoms. The van der Waals surface area contributed by atoms with Crippen LogP contribution in [0.5, 0.6) is 0 Å². The number of likely N-dealkylation sites (N-methyl/N-ethyl adjacent to an activating group) is 1. The number of halogens is 2. The zero-order valence-electron chi connectivity index (χ0n) is 9.82. The lowest BCUT2D eigenvalue weighted by Crippen LogP contribution is -3.00. The van der Waals surface area contributed by atoms with E-state index in [0.29, 0.717) is 0 Å². The second-order valence-electron chi connectivity index (χ2n) is 3.67. The van der Waals surface area contributed by atoms with Gasteiger partial charge in [-0.2, -0.15) is 0 Å². The number of allylic oxidation sites excluding steroid dienone is 1. The van der Waals surface area contributed by atoms with Gasteiger partial charge in [0.15, 0.2) is 0 Å². The van der Waals surface area contributed by atoms with E-state index in [1.165, 1.54) is 30.5 Å². The number of quaternary nitrogens is 1. The summed E-state index contributed by atoms with van der Waals surface area (Å²) in [6.07, 6.45) is 3.39. The van der Waals surface area contributed by atoms with E-state index >= 15 is 0 Å². The first-order valence-electron chi connectivity index (χ1n) is 5.27. The third-order valence-electron chi connectivity index (χ3n) is 2.80. The van der Waals surface area contributed by atoms with E-state index in [0.717, 1.165) is 11.6 Å². The summed E-state index contributed by atoms with van der Waals surface area (Å²) < 4.78 is 1.17. The average Bonchev–Trinajstić information content (AvgIpc) is 2.12. The number of hydrogen-bond donors (Lipinski definition) is 0. The molecule has 0 radical (unpaired) electrons. The van der Waals surface area contributed by atoms with Gasteiger partial charge in [0.25, 0.3) is 0 Å². The molecule has 0 aliphatic carbocycles. The second kappa shape index (κ2) is 8.75. The monoisotopic (exact) mass is 283 g/mol. The van der Waals surface area contributed by atoms with Crippen LogP contribution in [-0.2, 0) is 0 Å². The third-order valence-corrected chi connectivity index (χ3v) is 2.95. The Bertz CT molecular complexity index is 161. The van der Waals surface area contributed by atoms with E-state index in [1.54, 1.807) is 0 Å². The summed E-state index contributed by atoms with van der Waals surface area (Å²) in [5.41, 5.74) is 0. The molecule has 0 saturated carbocycles. The van der Waals surface area contributed by atoms with Gasteiger partial charge in [-0.1, -0.05) is 18.5 Å². The predicted octanol–water partition coefficient (Wildman–Crippen LogP) is 0.400. The molecule has 0 rings (SSSR count). The van der Waals surface area contributed by atoms with Crippen LogP contribution < -0.4 is 17.0 Å². The number of rotatable bonds is 6. The lowest BCUT2D eigenvalue weighted by molar-refractivity contribution is -0.919. The highest BCUT2D eigenvalue weighted by atomic mass is 79.9. The smallest absolute Gasteiger partial charge is 0.0987 e. The molecule has 0 N–H and O–H groups in total. The molecule has 1 nitrogen and oxygen atoms in total. The van der Waals surface area contributed by atoms with Gasteiger partial charge >= 0.3 is 0 Å². The molecule has 0 fully saturated rings. The van der Waals surface area contributed by atoms with Crippen molar-refractivity contribution in [2.75, 3.05) is 26.2 Å². The van der Waals surface area contributed by atoms with Crippen molar-refractivity contribution in [3.63, 3.8) is 0 Å². The van der Waals surface area contributed by atoms with Crippen molar-refractivity contribution in [2.24, 2.45) is 0 Å². The predicted molar refractivity (Wildman–Crippen MR) is 61.0 cm³/mol. The molecule has 0 aromatic heterocycles. The zero-order chi connectivity index (χ0) is 10.3. The molecule has 14 heavy (non-hydrogen) atoms. The first-order valence-corrected chi connectivity index (χ1v) is 5.65. The maximum absolute atomic E-state index is 5.85. The Morgan fingerprint density at radius 3 is 2.00 bits per heavy atom. The molecule has 0 aliphatic rings. The SMILES string of the molecule is CCC[N+](CC)(CC)C/C=C(/C)Cl.[Br-]. The van der Waals surface area contributed by atoms with E-state index < -0.39 is 0 Å². The topological polar surface area (TPSA) is 0 Å². The summed E-state index contributed by atoms with van der Waals surface area (Å²) in [6, 6.07) is 0. The van der Waals surface area contributed by atoms with Gasteiger partial charge in [-0.3, -0.25) is 0 Å². The maximum Gasteiger partial charge on any atom is 0.0987 e. The molecule has 0 aliphatic heterocycles. The van der Waals surface area contributed by atoms with Gasteiger partial charge in [0.05, 0.1) is 26.2 Å². The van der Waals surface area contributed by atoms with Crippen molar-refractivity contribution in [3.05, 3.63) is 11.1 Å². The van der Waals surface area contributed by atoms with Crippen molar-refractivity contribution < 1.29 is 21.5 Å². The fourth-order valence-corrected chi connectivity index (χ4v) is 1.75. The van der Waals surface area contributed by atoms with Gasteiger partial charge in [0.1, 0.15) is 0 Å². The minimum Gasteiger partial charge on any atom is -1.00 e. The van der Waals surface area contributed by atoms with E-state index in [9.17, 15) is 0 Å². The Labute approximate surface area is 104 Å². The van der Waals surface area contributed by atoms with Crippen LogP contribution in [0.15, 0.2) is 11.1 Å². The van der Waals surface area contributed by atoms with Crippen LogP contribution in [-0.4, -0.2) is 30.7 Å². The molecular formula is C11H23BrClN. The Hall–Kier alpha value is 0.470. The van der Waals surface area contributed by atoms with Crippen LogP contribution in [0.1, 0.15) is 34.1 Å². The molecule has 0 saturated heterocycles. The van der Waals surface area contributed by atoms with E-state index in [2.05, 4.69) is 26.8 Å². The van der Waals surface area contributed by atoms with Crippen molar-refractivity contribution in [2.45, 2.75) is 34.1 Å². The van der Waals surface area contributed by atoms with Crippen LogP contribution >= 0.6 is 11.6 Å². The van der Waals surface area contributed by atoms with Crippen LogP contribution in [0.4, 0.5) is 0 Å². The summed E-state index contributed by atoms with van der Waals surface area (Å²) in [5, 5.41) is 0.917. The summed E-state index contributed by atoms with van der Waals surface area (Å²) in [7, 11) is 0. The molecule has 0 spiro atoms.